The first kappa shape index (κ1) is 31.3. The highest BCUT2D eigenvalue weighted by atomic mass is 16.3. The monoisotopic (exact) mass is 698 g/mol. The van der Waals surface area contributed by atoms with Crippen molar-refractivity contribution >= 4 is 54.3 Å². The van der Waals surface area contributed by atoms with Crippen molar-refractivity contribution in [3.63, 3.8) is 0 Å². The Morgan fingerprint density at radius 1 is 0.236 bits per heavy atom. The van der Waals surface area contributed by atoms with Gasteiger partial charge in [-0.2, -0.15) is 0 Å². The Morgan fingerprint density at radius 2 is 0.691 bits per heavy atom. The number of hydrogen-bond acceptors (Lipinski definition) is 1. The van der Waals surface area contributed by atoms with E-state index in [1.807, 2.05) is 12.1 Å². The molecule has 0 bridgehead atoms. The predicted octanol–water partition coefficient (Wildman–Crippen LogP) is 15.4. The summed E-state index contributed by atoms with van der Waals surface area (Å²) in [6.45, 7) is 0. The van der Waals surface area contributed by atoms with Crippen LogP contribution in [0.1, 0.15) is 0 Å². The summed E-state index contributed by atoms with van der Waals surface area (Å²) in [5.41, 5.74) is 14.0. The molecule has 0 aliphatic carbocycles. The Labute approximate surface area is 319 Å². The first-order chi connectivity index (χ1) is 27.3. The second kappa shape index (κ2) is 12.7. The summed E-state index contributed by atoms with van der Waals surface area (Å²) < 4.78 is 6.14. The summed E-state index contributed by atoms with van der Waals surface area (Å²) in [6.07, 6.45) is 0. The van der Waals surface area contributed by atoms with Crippen molar-refractivity contribution in [2.45, 2.75) is 0 Å². The van der Waals surface area contributed by atoms with Crippen LogP contribution >= 0.6 is 0 Å². The fourth-order valence-electron chi connectivity index (χ4n) is 8.77. The van der Waals surface area contributed by atoms with Gasteiger partial charge in [-0.3, -0.25) is 0 Å². The third-order valence-electron chi connectivity index (χ3n) is 11.3. The van der Waals surface area contributed by atoms with Gasteiger partial charge in [-0.15, -0.1) is 0 Å². The molecule has 0 radical (unpaired) electrons. The zero-order valence-electron chi connectivity index (χ0n) is 30.0. The molecule has 0 spiro atoms. The molecule has 11 aromatic rings. The normalized spacial score (nSPS) is 11.6. The molecule has 1 aromatic heterocycles. The lowest BCUT2D eigenvalue weighted by atomic mass is 9.85. The van der Waals surface area contributed by atoms with Crippen molar-refractivity contribution in [2.75, 3.05) is 0 Å². The first-order valence-electron chi connectivity index (χ1n) is 18.9. The molecule has 256 valence electrons. The fraction of sp³-hybridized carbons (Fsp3) is 0. The average Bonchev–Trinajstić information content (AvgIpc) is 3.63. The van der Waals surface area contributed by atoms with Gasteiger partial charge in [0.25, 0.3) is 0 Å². The Morgan fingerprint density at radius 3 is 1.42 bits per heavy atom. The average molecular weight is 699 g/mol. The summed E-state index contributed by atoms with van der Waals surface area (Å²) >= 11 is 0. The van der Waals surface area contributed by atoms with Crippen LogP contribution in [0.5, 0.6) is 0 Å². The van der Waals surface area contributed by atoms with E-state index in [1.54, 1.807) is 0 Å². The quantitative estimate of drug-likeness (QED) is 0.163. The van der Waals surface area contributed by atoms with Gasteiger partial charge in [0.1, 0.15) is 11.2 Å². The van der Waals surface area contributed by atoms with Crippen LogP contribution in [0.2, 0.25) is 0 Å². The number of fused-ring (bicyclic) bond motifs is 6. The summed E-state index contributed by atoms with van der Waals surface area (Å²) in [7, 11) is 0. The van der Waals surface area contributed by atoms with Gasteiger partial charge in [0.05, 0.1) is 0 Å². The van der Waals surface area contributed by atoms with E-state index in [0.717, 1.165) is 21.9 Å². The van der Waals surface area contributed by atoms with Crippen LogP contribution in [-0.4, -0.2) is 0 Å². The van der Waals surface area contributed by atoms with Crippen molar-refractivity contribution in [2.24, 2.45) is 0 Å². The SMILES string of the molecule is c1cc(-c2cccc3ccccc23)cc(-c2c3ccccc3c(-c3ccc(-c4ccccc4-c4ccc5oc6ccccc6c5c4)cc3)c3ccccc23)c1. The van der Waals surface area contributed by atoms with Crippen LogP contribution in [0.3, 0.4) is 0 Å². The Bertz CT molecular complexity index is 3190. The molecule has 0 N–H and O–H groups in total. The summed E-state index contributed by atoms with van der Waals surface area (Å²) in [4.78, 5) is 0. The lowest BCUT2D eigenvalue weighted by molar-refractivity contribution is 0.669. The molecule has 0 fully saturated rings. The van der Waals surface area contributed by atoms with Gasteiger partial charge < -0.3 is 4.42 Å². The molecule has 0 aliphatic rings. The molecular weight excluding hydrogens is 665 g/mol. The van der Waals surface area contributed by atoms with Gasteiger partial charge in [-0.05, 0) is 112 Å². The molecule has 0 unspecified atom stereocenters. The molecule has 0 amide bonds. The molecule has 0 aliphatic heterocycles. The van der Waals surface area contributed by atoms with Crippen molar-refractivity contribution in [3.05, 3.63) is 206 Å². The smallest absolute Gasteiger partial charge is 0.135 e. The van der Waals surface area contributed by atoms with Gasteiger partial charge >= 0.3 is 0 Å². The van der Waals surface area contributed by atoms with E-state index in [-0.39, 0.29) is 0 Å². The van der Waals surface area contributed by atoms with Crippen LogP contribution < -0.4 is 0 Å². The van der Waals surface area contributed by atoms with Crippen molar-refractivity contribution < 1.29 is 4.42 Å². The lowest BCUT2D eigenvalue weighted by Gasteiger charge is -2.19. The van der Waals surface area contributed by atoms with Crippen molar-refractivity contribution in [3.8, 4) is 55.6 Å². The zero-order valence-corrected chi connectivity index (χ0v) is 30.0. The lowest BCUT2D eigenvalue weighted by Crippen LogP contribution is -1.91. The van der Waals surface area contributed by atoms with Crippen LogP contribution in [0.25, 0.3) is 110 Å². The van der Waals surface area contributed by atoms with E-state index in [4.69, 9.17) is 4.42 Å². The molecule has 0 saturated carbocycles. The summed E-state index contributed by atoms with van der Waals surface area (Å²) in [5.74, 6) is 0. The van der Waals surface area contributed by atoms with Gasteiger partial charge in [0.15, 0.2) is 0 Å². The van der Waals surface area contributed by atoms with Gasteiger partial charge in [0.2, 0.25) is 0 Å². The predicted molar refractivity (Wildman–Crippen MR) is 233 cm³/mol. The molecular formula is C54H34O. The van der Waals surface area contributed by atoms with E-state index in [0.29, 0.717) is 0 Å². The maximum absolute atomic E-state index is 6.14. The minimum atomic E-state index is 0.912. The molecule has 0 saturated heterocycles. The molecule has 1 nitrogen and oxygen atoms in total. The highest BCUT2D eigenvalue weighted by molar-refractivity contribution is 6.21. The fourth-order valence-corrected chi connectivity index (χ4v) is 8.77. The van der Waals surface area contributed by atoms with Gasteiger partial charge in [-0.25, -0.2) is 0 Å². The minimum absolute atomic E-state index is 0.912. The number of para-hydroxylation sites is 1. The molecule has 1 heteroatoms. The van der Waals surface area contributed by atoms with Crippen LogP contribution in [0.4, 0.5) is 0 Å². The van der Waals surface area contributed by atoms with Crippen LogP contribution in [0.15, 0.2) is 211 Å². The molecule has 11 rings (SSSR count). The largest absolute Gasteiger partial charge is 0.456 e. The van der Waals surface area contributed by atoms with E-state index < -0.39 is 0 Å². The summed E-state index contributed by atoms with van der Waals surface area (Å²) in [6, 6.07) is 74.8. The Balaban J connectivity index is 1.04. The topological polar surface area (TPSA) is 13.1 Å². The minimum Gasteiger partial charge on any atom is -0.456 e. The van der Waals surface area contributed by atoms with Crippen LogP contribution in [0, 0.1) is 0 Å². The third kappa shape index (κ3) is 5.16. The number of hydrogen-bond donors (Lipinski definition) is 0. The Hall–Kier alpha value is -7.22. The number of rotatable bonds is 5. The van der Waals surface area contributed by atoms with Crippen molar-refractivity contribution in [1.82, 2.24) is 0 Å². The van der Waals surface area contributed by atoms with E-state index in [1.165, 1.54) is 88.0 Å². The standard InChI is InChI=1S/C54H34O/c1-2-17-41-35(13-1)14-12-25-44(41)38-15-11-16-40(33-38)54-48-23-7-5-21-46(48)53(47-22-6-8-24-49(47)54)37-29-27-36(28-30-37)42-18-3-4-19-43(42)39-31-32-52-50(34-39)45-20-9-10-26-51(45)55-52/h1-34H. The van der Waals surface area contributed by atoms with E-state index in [9.17, 15) is 0 Å². The highest BCUT2D eigenvalue weighted by Gasteiger charge is 2.18. The molecule has 10 aromatic carbocycles. The molecule has 0 atom stereocenters. The second-order valence-corrected chi connectivity index (χ2v) is 14.4. The highest BCUT2D eigenvalue weighted by Crippen LogP contribution is 2.45. The molecule has 55 heavy (non-hydrogen) atoms. The van der Waals surface area contributed by atoms with Gasteiger partial charge in [-0.1, -0.05) is 182 Å². The number of benzene rings is 10. The molecule has 1 heterocycles. The summed E-state index contributed by atoms with van der Waals surface area (Å²) in [5, 5.41) is 9.81. The maximum Gasteiger partial charge on any atom is 0.135 e. The maximum atomic E-state index is 6.14. The van der Waals surface area contributed by atoms with E-state index in [2.05, 4.69) is 194 Å². The first-order valence-corrected chi connectivity index (χ1v) is 18.9. The zero-order chi connectivity index (χ0) is 36.3. The number of furan rings is 1. The van der Waals surface area contributed by atoms with Crippen molar-refractivity contribution in [1.29, 1.82) is 0 Å². The van der Waals surface area contributed by atoms with E-state index >= 15 is 0 Å². The third-order valence-corrected chi connectivity index (χ3v) is 11.3. The second-order valence-electron chi connectivity index (χ2n) is 14.4. The van der Waals surface area contributed by atoms with Crippen LogP contribution in [-0.2, 0) is 0 Å². The van der Waals surface area contributed by atoms with Gasteiger partial charge in [0, 0.05) is 10.8 Å². The Kier molecular flexibility index (Phi) is 7.25.